The molecular formula is C19H31FIN3O2. The van der Waals surface area contributed by atoms with Crippen LogP contribution in [-0.4, -0.2) is 45.9 Å². The Bertz CT molecular complexity index is 524. The molecule has 2 rings (SSSR count). The van der Waals surface area contributed by atoms with Crippen molar-refractivity contribution in [2.75, 3.05) is 40.0 Å². The van der Waals surface area contributed by atoms with E-state index in [1.807, 2.05) is 6.92 Å². The minimum absolute atomic E-state index is 0. The zero-order valence-corrected chi connectivity index (χ0v) is 18.0. The number of hydrogen-bond donors (Lipinski definition) is 2. The fourth-order valence-electron chi connectivity index (χ4n) is 2.42. The Labute approximate surface area is 173 Å². The first-order valence-corrected chi connectivity index (χ1v) is 9.11. The number of aliphatic imine (C=N–C) groups is 1. The highest BCUT2D eigenvalue weighted by molar-refractivity contribution is 14.0. The van der Waals surface area contributed by atoms with Crippen molar-refractivity contribution in [1.82, 2.24) is 10.6 Å². The van der Waals surface area contributed by atoms with Gasteiger partial charge in [0.1, 0.15) is 11.9 Å². The van der Waals surface area contributed by atoms with Crippen molar-refractivity contribution in [3.63, 3.8) is 0 Å². The molecule has 1 unspecified atom stereocenters. The van der Waals surface area contributed by atoms with E-state index in [2.05, 4.69) is 15.6 Å². The summed E-state index contributed by atoms with van der Waals surface area (Å²) in [4.78, 5) is 4.57. The second-order valence-electron chi connectivity index (χ2n) is 6.29. The third kappa shape index (κ3) is 9.14. The van der Waals surface area contributed by atoms with Crippen molar-refractivity contribution in [3.8, 4) is 0 Å². The number of rotatable bonds is 11. The summed E-state index contributed by atoms with van der Waals surface area (Å²) in [5.74, 6) is 1.32. The van der Waals surface area contributed by atoms with Gasteiger partial charge in [-0.15, -0.1) is 24.0 Å². The number of nitrogens with one attached hydrogen (secondary N) is 2. The molecule has 0 aliphatic heterocycles. The van der Waals surface area contributed by atoms with Gasteiger partial charge in [-0.05, 0) is 49.8 Å². The molecular weight excluding hydrogens is 448 g/mol. The topological polar surface area (TPSA) is 54.9 Å². The molecule has 0 amide bonds. The summed E-state index contributed by atoms with van der Waals surface area (Å²) < 4.78 is 24.2. The normalized spacial score (nSPS) is 15.3. The van der Waals surface area contributed by atoms with Crippen LogP contribution < -0.4 is 10.6 Å². The van der Waals surface area contributed by atoms with E-state index in [-0.39, 0.29) is 35.9 Å². The number of hydrogen-bond acceptors (Lipinski definition) is 3. The molecule has 0 bridgehead atoms. The monoisotopic (exact) mass is 479 g/mol. The Morgan fingerprint density at radius 2 is 2.00 bits per heavy atom. The molecule has 1 aliphatic rings. The predicted molar refractivity (Wildman–Crippen MR) is 114 cm³/mol. The van der Waals surface area contributed by atoms with Crippen LogP contribution in [0.15, 0.2) is 29.3 Å². The highest BCUT2D eigenvalue weighted by atomic mass is 127. The van der Waals surface area contributed by atoms with Crippen LogP contribution in [0.4, 0.5) is 4.39 Å². The van der Waals surface area contributed by atoms with E-state index in [1.54, 1.807) is 19.2 Å². The fourth-order valence-corrected chi connectivity index (χ4v) is 2.42. The number of nitrogens with zero attached hydrogens (tertiary/aromatic N) is 1. The van der Waals surface area contributed by atoms with Crippen molar-refractivity contribution in [2.45, 2.75) is 32.3 Å². The van der Waals surface area contributed by atoms with Crippen LogP contribution in [0.5, 0.6) is 0 Å². The molecule has 1 fully saturated rings. The van der Waals surface area contributed by atoms with Crippen LogP contribution in [0.3, 0.4) is 0 Å². The highest BCUT2D eigenvalue weighted by Gasteiger charge is 2.20. The Morgan fingerprint density at radius 3 is 2.62 bits per heavy atom. The van der Waals surface area contributed by atoms with Gasteiger partial charge in [0, 0.05) is 33.4 Å². The molecule has 1 aromatic rings. The molecule has 0 heterocycles. The summed E-state index contributed by atoms with van der Waals surface area (Å²) in [6, 6.07) is 6.35. The maximum absolute atomic E-state index is 13.0. The van der Waals surface area contributed by atoms with Gasteiger partial charge in [0.05, 0.1) is 6.54 Å². The standard InChI is InChI=1S/C19H30FN3O2.HI/c1-3-21-19(22-11-4-12-25-14-15-5-6-15)23-13-18(24-2)16-7-9-17(20)10-8-16;/h7-10,15,18H,3-6,11-14H2,1-2H3,(H2,21,22,23);1H. The predicted octanol–water partition coefficient (Wildman–Crippen LogP) is 3.50. The average Bonchev–Trinajstić information content (AvgIpc) is 3.44. The Kier molecular flexibility index (Phi) is 11.8. The fraction of sp³-hybridized carbons (Fsp3) is 0.632. The van der Waals surface area contributed by atoms with Gasteiger partial charge in [-0.2, -0.15) is 0 Å². The third-order valence-electron chi connectivity index (χ3n) is 4.09. The molecule has 148 valence electrons. The van der Waals surface area contributed by atoms with Crippen molar-refractivity contribution >= 4 is 29.9 Å². The molecule has 0 aromatic heterocycles. The second-order valence-corrected chi connectivity index (χ2v) is 6.29. The Hall–Kier alpha value is -0.930. The maximum Gasteiger partial charge on any atom is 0.191 e. The van der Waals surface area contributed by atoms with Gasteiger partial charge in [0.25, 0.3) is 0 Å². The average molecular weight is 479 g/mol. The van der Waals surface area contributed by atoms with Crippen molar-refractivity contribution in [3.05, 3.63) is 35.6 Å². The van der Waals surface area contributed by atoms with E-state index in [9.17, 15) is 4.39 Å². The van der Waals surface area contributed by atoms with Gasteiger partial charge in [-0.1, -0.05) is 12.1 Å². The van der Waals surface area contributed by atoms with Crippen molar-refractivity contribution < 1.29 is 13.9 Å². The van der Waals surface area contributed by atoms with Crippen molar-refractivity contribution in [2.24, 2.45) is 10.9 Å². The SMILES string of the molecule is CCNC(=NCC(OC)c1ccc(F)cc1)NCCCOCC1CC1.I. The molecule has 1 saturated carbocycles. The highest BCUT2D eigenvalue weighted by Crippen LogP contribution is 2.28. The quantitative estimate of drug-likeness (QED) is 0.221. The molecule has 7 heteroatoms. The molecule has 0 spiro atoms. The lowest BCUT2D eigenvalue weighted by atomic mass is 10.1. The van der Waals surface area contributed by atoms with Gasteiger partial charge >= 0.3 is 0 Å². The number of ether oxygens (including phenoxy) is 2. The van der Waals surface area contributed by atoms with Gasteiger partial charge in [0.15, 0.2) is 5.96 Å². The van der Waals surface area contributed by atoms with E-state index in [0.717, 1.165) is 50.2 Å². The number of methoxy groups -OCH3 is 1. The summed E-state index contributed by atoms with van der Waals surface area (Å²) in [7, 11) is 1.64. The largest absolute Gasteiger partial charge is 0.381 e. The van der Waals surface area contributed by atoms with Gasteiger partial charge in [0.2, 0.25) is 0 Å². The summed E-state index contributed by atoms with van der Waals surface area (Å²) in [6.45, 7) is 5.78. The van der Waals surface area contributed by atoms with E-state index < -0.39 is 0 Å². The van der Waals surface area contributed by atoms with E-state index in [4.69, 9.17) is 9.47 Å². The van der Waals surface area contributed by atoms with Crippen LogP contribution in [-0.2, 0) is 9.47 Å². The molecule has 2 N–H and O–H groups in total. The number of halogens is 2. The molecule has 1 aliphatic carbocycles. The minimum Gasteiger partial charge on any atom is -0.381 e. The minimum atomic E-state index is -0.249. The first-order chi connectivity index (χ1) is 12.2. The maximum atomic E-state index is 13.0. The smallest absolute Gasteiger partial charge is 0.191 e. The molecule has 1 atom stereocenters. The molecule has 1 aromatic carbocycles. The van der Waals surface area contributed by atoms with Crippen molar-refractivity contribution in [1.29, 1.82) is 0 Å². The lowest BCUT2D eigenvalue weighted by molar-refractivity contribution is 0.110. The van der Waals surface area contributed by atoms with Crippen LogP contribution in [0, 0.1) is 11.7 Å². The van der Waals surface area contributed by atoms with E-state index in [1.165, 1.54) is 25.0 Å². The summed E-state index contributed by atoms with van der Waals surface area (Å²) >= 11 is 0. The summed E-state index contributed by atoms with van der Waals surface area (Å²) in [6.07, 6.45) is 3.40. The lowest BCUT2D eigenvalue weighted by Crippen LogP contribution is -2.38. The van der Waals surface area contributed by atoms with Crippen LogP contribution in [0.1, 0.15) is 37.9 Å². The molecule has 0 radical (unpaired) electrons. The van der Waals surface area contributed by atoms with E-state index in [0.29, 0.717) is 6.54 Å². The zero-order valence-electron chi connectivity index (χ0n) is 15.7. The second kappa shape index (κ2) is 13.3. The van der Waals surface area contributed by atoms with Gasteiger partial charge in [-0.25, -0.2) is 4.39 Å². The zero-order chi connectivity index (χ0) is 17.9. The molecule has 26 heavy (non-hydrogen) atoms. The van der Waals surface area contributed by atoms with Crippen LogP contribution in [0.2, 0.25) is 0 Å². The van der Waals surface area contributed by atoms with Gasteiger partial charge < -0.3 is 20.1 Å². The number of benzene rings is 1. The first kappa shape index (κ1) is 23.1. The first-order valence-electron chi connectivity index (χ1n) is 9.11. The third-order valence-corrected chi connectivity index (χ3v) is 4.09. The molecule has 0 saturated heterocycles. The summed E-state index contributed by atoms with van der Waals surface area (Å²) in [5.41, 5.74) is 0.914. The summed E-state index contributed by atoms with van der Waals surface area (Å²) in [5, 5.41) is 6.53. The van der Waals surface area contributed by atoms with Crippen LogP contribution >= 0.6 is 24.0 Å². The van der Waals surface area contributed by atoms with E-state index >= 15 is 0 Å². The van der Waals surface area contributed by atoms with Gasteiger partial charge in [-0.3, -0.25) is 4.99 Å². The lowest BCUT2D eigenvalue weighted by Gasteiger charge is -2.16. The Balaban J connectivity index is 0.00000338. The molecule has 5 nitrogen and oxygen atoms in total. The number of guanidine groups is 1. The Morgan fingerprint density at radius 1 is 1.27 bits per heavy atom. The van der Waals surface area contributed by atoms with Crippen LogP contribution in [0.25, 0.3) is 0 Å².